The van der Waals surface area contributed by atoms with E-state index < -0.39 is 34.3 Å². The predicted octanol–water partition coefficient (Wildman–Crippen LogP) is 3.56. The minimum absolute atomic E-state index is 0.0420. The van der Waals surface area contributed by atoms with E-state index in [1.54, 1.807) is 32.0 Å². The summed E-state index contributed by atoms with van der Waals surface area (Å²) in [6.45, 7) is 3.21. The number of nitrogens with zero attached hydrogens (tertiary/aromatic N) is 2. The first kappa shape index (κ1) is 26.1. The standard InChI is InChI=1S/C21H24BrClFN3O4S/c1-4-25-21(29)14(2)26(12-15-6-5-7-16(22)10-15)20(28)13-27(32(3,30)31)17-8-9-19(24)18(23)11-17/h5-11,14H,4,12-13H2,1-3H3,(H,25,29)/t14-/m1/s1. The van der Waals surface area contributed by atoms with Gasteiger partial charge in [0.1, 0.15) is 18.4 Å². The van der Waals surface area contributed by atoms with Crippen molar-refractivity contribution >= 4 is 55.1 Å². The Labute approximate surface area is 200 Å². The van der Waals surface area contributed by atoms with E-state index in [-0.39, 0.29) is 23.2 Å². The molecule has 174 valence electrons. The quantitative estimate of drug-likeness (QED) is 0.519. The number of nitrogens with one attached hydrogen (secondary N) is 1. The molecule has 2 aromatic rings. The molecule has 1 N–H and O–H groups in total. The Hall–Kier alpha value is -2.17. The fourth-order valence-electron chi connectivity index (χ4n) is 2.99. The van der Waals surface area contributed by atoms with Crippen LogP contribution in [0.3, 0.4) is 0 Å². The molecule has 2 amide bonds. The topological polar surface area (TPSA) is 86.8 Å². The van der Waals surface area contributed by atoms with Gasteiger partial charge in [-0.25, -0.2) is 12.8 Å². The van der Waals surface area contributed by atoms with E-state index >= 15 is 0 Å². The number of rotatable bonds is 9. The van der Waals surface area contributed by atoms with Crippen molar-refractivity contribution in [1.29, 1.82) is 0 Å². The molecule has 0 fully saturated rings. The fraction of sp³-hybridized carbons (Fsp3) is 0.333. The second-order valence-corrected chi connectivity index (χ2v) is 10.3. The SMILES string of the molecule is CCNC(=O)[C@@H](C)N(Cc1cccc(Br)c1)C(=O)CN(c1ccc(F)c(Cl)c1)S(C)(=O)=O. The lowest BCUT2D eigenvalue weighted by Crippen LogP contribution is -2.51. The molecule has 0 bridgehead atoms. The minimum Gasteiger partial charge on any atom is -0.355 e. The van der Waals surface area contributed by atoms with Crippen LogP contribution in [0.2, 0.25) is 5.02 Å². The van der Waals surface area contributed by atoms with Crippen LogP contribution in [-0.4, -0.2) is 50.5 Å². The molecular formula is C21H24BrClFN3O4S. The summed E-state index contributed by atoms with van der Waals surface area (Å²) in [4.78, 5) is 27.1. The van der Waals surface area contributed by atoms with Crippen LogP contribution in [0.15, 0.2) is 46.9 Å². The van der Waals surface area contributed by atoms with E-state index in [2.05, 4.69) is 21.2 Å². The van der Waals surface area contributed by atoms with E-state index in [1.165, 1.54) is 11.0 Å². The second-order valence-electron chi connectivity index (χ2n) is 7.09. The molecule has 0 saturated carbocycles. The van der Waals surface area contributed by atoms with Crippen LogP contribution in [0.1, 0.15) is 19.4 Å². The first-order valence-electron chi connectivity index (χ1n) is 9.68. The van der Waals surface area contributed by atoms with Gasteiger partial charge in [0.05, 0.1) is 17.0 Å². The zero-order chi connectivity index (χ0) is 24.1. The van der Waals surface area contributed by atoms with Crippen molar-refractivity contribution in [3.63, 3.8) is 0 Å². The predicted molar refractivity (Wildman–Crippen MR) is 126 cm³/mol. The van der Waals surface area contributed by atoms with Crippen LogP contribution in [-0.2, 0) is 26.2 Å². The molecular weight excluding hydrogens is 525 g/mol. The Kier molecular flexibility index (Phi) is 9.06. The van der Waals surface area contributed by atoms with Gasteiger partial charge in [-0.1, -0.05) is 39.7 Å². The molecule has 1 atom stereocenters. The summed E-state index contributed by atoms with van der Waals surface area (Å²) in [6.07, 6.45) is 0.934. The molecule has 0 spiro atoms. The third-order valence-electron chi connectivity index (χ3n) is 4.63. The smallest absolute Gasteiger partial charge is 0.244 e. The van der Waals surface area contributed by atoms with Gasteiger partial charge in [-0.2, -0.15) is 0 Å². The summed E-state index contributed by atoms with van der Waals surface area (Å²) < 4.78 is 40.1. The number of benzene rings is 2. The number of likely N-dealkylation sites (N-methyl/N-ethyl adjacent to an activating group) is 1. The Morgan fingerprint density at radius 1 is 1.22 bits per heavy atom. The average Bonchev–Trinajstić information content (AvgIpc) is 2.71. The molecule has 0 radical (unpaired) electrons. The number of amides is 2. The summed E-state index contributed by atoms with van der Waals surface area (Å²) in [5, 5.41) is 2.40. The van der Waals surface area contributed by atoms with Crippen molar-refractivity contribution in [2.45, 2.75) is 26.4 Å². The lowest BCUT2D eigenvalue weighted by molar-refractivity contribution is -0.139. The zero-order valence-corrected chi connectivity index (χ0v) is 21.0. The van der Waals surface area contributed by atoms with Crippen LogP contribution in [0, 0.1) is 5.82 Å². The van der Waals surface area contributed by atoms with Crippen molar-refractivity contribution in [2.75, 3.05) is 23.7 Å². The molecule has 0 aliphatic rings. The summed E-state index contributed by atoms with van der Waals surface area (Å²) >= 11 is 9.18. The Balaban J connectivity index is 2.40. The number of carbonyl (C=O) groups is 2. The Morgan fingerprint density at radius 2 is 1.91 bits per heavy atom. The Morgan fingerprint density at radius 3 is 2.47 bits per heavy atom. The maximum absolute atomic E-state index is 13.6. The minimum atomic E-state index is -3.92. The second kappa shape index (κ2) is 11.1. The monoisotopic (exact) mass is 547 g/mol. The van der Waals surface area contributed by atoms with Crippen LogP contribution < -0.4 is 9.62 Å². The molecule has 11 heteroatoms. The number of halogens is 3. The molecule has 7 nitrogen and oxygen atoms in total. The van der Waals surface area contributed by atoms with Crippen molar-refractivity contribution in [2.24, 2.45) is 0 Å². The van der Waals surface area contributed by atoms with Crippen LogP contribution in [0.5, 0.6) is 0 Å². The third kappa shape index (κ3) is 6.91. The highest BCUT2D eigenvalue weighted by atomic mass is 79.9. The maximum atomic E-state index is 13.6. The molecule has 32 heavy (non-hydrogen) atoms. The van der Waals surface area contributed by atoms with Gasteiger partial charge in [-0.3, -0.25) is 13.9 Å². The number of hydrogen-bond acceptors (Lipinski definition) is 4. The molecule has 0 heterocycles. The molecule has 0 aliphatic carbocycles. The van der Waals surface area contributed by atoms with Gasteiger partial charge in [0.25, 0.3) is 0 Å². The van der Waals surface area contributed by atoms with E-state index in [9.17, 15) is 22.4 Å². The van der Waals surface area contributed by atoms with Crippen LogP contribution in [0.25, 0.3) is 0 Å². The van der Waals surface area contributed by atoms with E-state index in [4.69, 9.17) is 11.6 Å². The highest BCUT2D eigenvalue weighted by Crippen LogP contribution is 2.25. The van der Waals surface area contributed by atoms with E-state index in [1.807, 2.05) is 6.07 Å². The maximum Gasteiger partial charge on any atom is 0.244 e. The van der Waals surface area contributed by atoms with Crippen LogP contribution >= 0.6 is 27.5 Å². The van der Waals surface area contributed by atoms with Gasteiger partial charge in [0.15, 0.2) is 0 Å². The molecule has 0 saturated heterocycles. The van der Waals surface area contributed by atoms with E-state index in [0.29, 0.717) is 6.54 Å². The third-order valence-corrected chi connectivity index (χ3v) is 6.55. The van der Waals surface area contributed by atoms with Crippen molar-refractivity contribution < 1.29 is 22.4 Å². The van der Waals surface area contributed by atoms with Crippen molar-refractivity contribution in [3.05, 3.63) is 63.3 Å². The molecule has 0 aromatic heterocycles. The Bertz CT molecular complexity index is 1100. The number of anilines is 1. The number of sulfonamides is 1. The number of hydrogen-bond donors (Lipinski definition) is 1. The van der Waals surface area contributed by atoms with Crippen molar-refractivity contribution in [3.8, 4) is 0 Å². The highest BCUT2D eigenvalue weighted by Gasteiger charge is 2.30. The lowest BCUT2D eigenvalue weighted by atomic mass is 10.1. The van der Waals surface area contributed by atoms with Crippen LogP contribution in [0.4, 0.5) is 10.1 Å². The summed E-state index contributed by atoms with van der Waals surface area (Å²) in [5.41, 5.74) is 0.792. The van der Waals surface area contributed by atoms with Gasteiger partial charge in [-0.15, -0.1) is 0 Å². The zero-order valence-electron chi connectivity index (χ0n) is 17.8. The van der Waals surface area contributed by atoms with E-state index in [0.717, 1.165) is 32.7 Å². The lowest BCUT2D eigenvalue weighted by Gasteiger charge is -2.31. The largest absolute Gasteiger partial charge is 0.355 e. The van der Waals surface area contributed by atoms with Gasteiger partial charge in [0, 0.05) is 17.6 Å². The average molecular weight is 549 g/mol. The molecule has 2 aromatic carbocycles. The van der Waals surface area contributed by atoms with Crippen molar-refractivity contribution in [1.82, 2.24) is 10.2 Å². The van der Waals surface area contributed by atoms with Gasteiger partial charge in [-0.05, 0) is 49.7 Å². The summed E-state index contributed by atoms with van der Waals surface area (Å²) in [6, 6.07) is 9.74. The van der Waals surface area contributed by atoms with Gasteiger partial charge >= 0.3 is 0 Å². The highest BCUT2D eigenvalue weighted by molar-refractivity contribution is 9.10. The fourth-order valence-corrected chi connectivity index (χ4v) is 4.45. The summed E-state index contributed by atoms with van der Waals surface area (Å²) in [7, 11) is -3.92. The van der Waals surface area contributed by atoms with Gasteiger partial charge < -0.3 is 10.2 Å². The first-order chi connectivity index (χ1) is 14.9. The molecule has 0 aliphatic heterocycles. The molecule has 2 rings (SSSR count). The normalized spacial score (nSPS) is 12.2. The summed E-state index contributed by atoms with van der Waals surface area (Å²) in [5.74, 6) is -1.68. The van der Waals surface area contributed by atoms with Gasteiger partial charge in [0.2, 0.25) is 21.8 Å². The number of carbonyl (C=O) groups excluding carboxylic acids is 2. The first-order valence-corrected chi connectivity index (χ1v) is 12.7. The molecule has 0 unspecified atom stereocenters.